The Morgan fingerprint density at radius 3 is 0.833 bits per heavy atom. The molecule has 4 heteroatoms. The molecule has 0 aliphatic rings. The summed E-state index contributed by atoms with van der Waals surface area (Å²) in [6, 6.07) is 62.3. The summed E-state index contributed by atoms with van der Waals surface area (Å²) in [7, 11) is 0. The standard InChI is InChI=1S/C44H30N4/c1-5-13-34(14-6-1)40-29-39(30-41(45-40)35-15-7-2-8-16-35)33-23-21-31(22-24-33)32-25-27-38(28-26-32)44-47-42(36-17-9-3-10-18-36)46-43(48-44)37-19-11-4-12-20-37/h1-30H. The molecule has 0 unspecified atom stereocenters. The first-order valence-corrected chi connectivity index (χ1v) is 16.0. The molecule has 0 bridgehead atoms. The zero-order valence-electron chi connectivity index (χ0n) is 26.1. The van der Waals surface area contributed by atoms with Crippen LogP contribution in [0, 0.1) is 0 Å². The molecule has 8 aromatic rings. The lowest BCUT2D eigenvalue weighted by Gasteiger charge is -2.11. The number of hydrogen-bond acceptors (Lipinski definition) is 4. The molecule has 6 aromatic carbocycles. The molecular weight excluding hydrogens is 585 g/mol. The zero-order chi connectivity index (χ0) is 32.1. The first-order chi connectivity index (χ1) is 23.8. The molecule has 0 saturated carbocycles. The summed E-state index contributed by atoms with van der Waals surface area (Å²) >= 11 is 0. The summed E-state index contributed by atoms with van der Waals surface area (Å²) in [5.74, 6) is 1.95. The first kappa shape index (κ1) is 28.9. The maximum Gasteiger partial charge on any atom is 0.164 e. The van der Waals surface area contributed by atoms with Crippen molar-refractivity contribution >= 4 is 0 Å². The Balaban J connectivity index is 1.11. The van der Waals surface area contributed by atoms with E-state index in [1.807, 2.05) is 72.8 Å². The lowest BCUT2D eigenvalue weighted by Crippen LogP contribution is -2.00. The van der Waals surface area contributed by atoms with Gasteiger partial charge in [0.25, 0.3) is 0 Å². The minimum Gasteiger partial charge on any atom is -0.248 e. The van der Waals surface area contributed by atoms with Crippen molar-refractivity contribution in [1.29, 1.82) is 0 Å². The largest absolute Gasteiger partial charge is 0.248 e. The highest BCUT2D eigenvalue weighted by molar-refractivity contribution is 5.78. The van der Waals surface area contributed by atoms with Gasteiger partial charge in [0.05, 0.1) is 11.4 Å². The van der Waals surface area contributed by atoms with Gasteiger partial charge in [-0.05, 0) is 34.4 Å². The van der Waals surface area contributed by atoms with Gasteiger partial charge in [-0.3, -0.25) is 0 Å². The SMILES string of the molecule is c1ccc(-c2cc(-c3ccc(-c4ccc(-c5nc(-c6ccccc6)nc(-c6ccccc6)n5)cc4)cc3)cc(-c3ccccc3)n2)cc1. The smallest absolute Gasteiger partial charge is 0.164 e. The second-order valence-electron chi connectivity index (χ2n) is 11.6. The molecule has 48 heavy (non-hydrogen) atoms. The van der Waals surface area contributed by atoms with E-state index in [9.17, 15) is 0 Å². The Labute approximate surface area is 280 Å². The quantitative estimate of drug-likeness (QED) is 0.179. The Morgan fingerprint density at radius 1 is 0.208 bits per heavy atom. The molecule has 226 valence electrons. The van der Waals surface area contributed by atoms with E-state index < -0.39 is 0 Å². The first-order valence-electron chi connectivity index (χ1n) is 16.0. The number of rotatable bonds is 7. The topological polar surface area (TPSA) is 51.6 Å². The van der Waals surface area contributed by atoms with Crippen molar-refractivity contribution in [2.45, 2.75) is 0 Å². The molecule has 0 aliphatic carbocycles. The molecular formula is C44H30N4. The fourth-order valence-electron chi connectivity index (χ4n) is 5.82. The van der Waals surface area contributed by atoms with Crippen molar-refractivity contribution in [1.82, 2.24) is 19.9 Å². The number of hydrogen-bond donors (Lipinski definition) is 0. The lowest BCUT2D eigenvalue weighted by atomic mass is 9.97. The average Bonchev–Trinajstić information content (AvgIpc) is 3.19. The van der Waals surface area contributed by atoms with E-state index in [0.29, 0.717) is 17.5 Å². The third kappa shape index (κ3) is 6.15. The number of nitrogens with zero attached hydrogens (tertiary/aromatic N) is 4. The van der Waals surface area contributed by atoms with Crippen LogP contribution in [0.1, 0.15) is 0 Å². The van der Waals surface area contributed by atoms with Crippen LogP contribution in [0.3, 0.4) is 0 Å². The van der Waals surface area contributed by atoms with Gasteiger partial charge in [0, 0.05) is 27.8 Å². The van der Waals surface area contributed by atoms with Crippen molar-refractivity contribution < 1.29 is 0 Å². The maximum atomic E-state index is 5.03. The fraction of sp³-hybridized carbons (Fsp3) is 0. The van der Waals surface area contributed by atoms with Crippen LogP contribution in [0.5, 0.6) is 0 Å². The Hall–Kier alpha value is -6.52. The molecule has 0 radical (unpaired) electrons. The summed E-state index contributed by atoms with van der Waals surface area (Å²) < 4.78 is 0. The minimum absolute atomic E-state index is 0.644. The van der Waals surface area contributed by atoms with Crippen LogP contribution >= 0.6 is 0 Å². The van der Waals surface area contributed by atoms with Crippen LogP contribution in [0.4, 0.5) is 0 Å². The second kappa shape index (κ2) is 13.1. The molecule has 8 rings (SSSR count). The van der Waals surface area contributed by atoms with E-state index in [-0.39, 0.29) is 0 Å². The van der Waals surface area contributed by atoms with Crippen LogP contribution < -0.4 is 0 Å². The monoisotopic (exact) mass is 614 g/mol. The highest BCUT2D eigenvalue weighted by atomic mass is 15.0. The second-order valence-corrected chi connectivity index (χ2v) is 11.6. The van der Waals surface area contributed by atoms with Crippen LogP contribution in [0.25, 0.3) is 78.9 Å². The van der Waals surface area contributed by atoms with Crippen molar-refractivity contribution in [3.05, 3.63) is 182 Å². The van der Waals surface area contributed by atoms with Gasteiger partial charge in [0.1, 0.15) is 0 Å². The van der Waals surface area contributed by atoms with Gasteiger partial charge in [-0.2, -0.15) is 0 Å². The predicted octanol–water partition coefficient (Wildman–Crippen LogP) is 10.9. The van der Waals surface area contributed by atoms with Gasteiger partial charge in [0.2, 0.25) is 0 Å². The molecule has 4 nitrogen and oxygen atoms in total. The normalized spacial score (nSPS) is 10.9. The van der Waals surface area contributed by atoms with E-state index in [4.69, 9.17) is 19.9 Å². The van der Waals surface area contributed by atoms with Gasteiger partial charge in [-0.1, -0.05) is 170 Å². The number of aromatic nitrogens is 4. The van der Waals surface area contributed by atoms with Crippen LogP contribution in [0.15, 0.2) is 182 Å². The fourth-order valence-corrected chi connectivity index (χ4v) is 5.82. The van der Waals surface area contributed by atoms with Gasteiger partial charge in [0.15, 0.2) is 17.5 Å². The molecule has 0 saturated heterocycles. The van der Waals surface area contributed by atoms with Crippen LogP contribution in [-0.2, 0) is 0 Å². The third-order valence-corrected chi connectivity index (χ3v) is 8.36. The Morgan fingerprint density at radius 2 is 0.479 bits per heavy atom. The summed E-state index contributed by atoms with van der Waals surface area (Å²) in [5.41, 5.74) is 11.5. The molecule has 0 amide bonds. The summed E-state index contributed by atoms with van der Waals surface area (Å²) in [4.78, 5) is 19.6. The molecule has 2 aromatic heterocycles. The molecule has 0 N–H and O–H groups in total. The van der Waals surface area contributed by atoms with Crippen molar-refractivity contribution in [2.75, 3.05) is 0 Å². The minimum atomic E-state index is 0.644. The molecule has 0 spiro atoms. The lowest BCUT2D eigenvalue weighted by molar-refractivity contribution is 1.07. The summed E-state index contributed by atoms with van der Waals surface area (Å²) in [6.45, 7) is 0. The van der Waals surface area contributed by atoms with Crippen LogP contribution in [-0.4, -0.2) is 19.9 Å². The molecule has 0 fully saturated rings. The van der Waals surface area contributed by atoms with Gasteiger partial charge < -0.3 is 0 Å². The average molecular weight is 615 g/mol. The maximum absolute atomic E-state index is 5.03. The molecule has 2 heterocycles. The third-order valence-electron chi connectivity index (χ3n) is 8.36. The van der Waals surface area contributed by atoms with E-state index in [2.05, 4.69) is 109 Å². The predicted molar refractivity (Wildman–Crippen MR) is 196 cm³/mol. The van der Waals surface area contributed by atoms with E-state index >= 15 is 0 Å². The van der Waals surface area contributed by atoms with Crippen molar-refractivity contribution in [2.24, 2.45) is 0 Å². The van der Waals surface area contributed by atoms with E-state index in [1.165, 1.54) is 0 Å². The zero-order valence-corrected chi connectivity index (χ0v) is 26.1. The Kier molecular flexibility index (Phi) is 7.87. The summed E-state index contributed by atoms with van der Waals surface area (Å²) in [5, 5.41) is 0. The van der Waals surface area contributed by atoms with Gasteiger partial charge >= 0.3 is 0 Å². The van der Waals surface area contributed by atoms with Crippen LogP contribution in [0.2, 0.25) is 0 Å². The van der Waals surface area contributed by atoms with Crippen molar-refractivity contribution in [3.8, 4) is 78.9 Å². The number of pyridine rings is 1. The van der Waals surface area contributed by atoms with E-state index in [0.717, 1.165) is 61.5 Å². The highest BCUT2D eigenvalue weighted by Crippen LogP contribution is 2.32. The molecule has 0 atom stereocenters. The Bertz CT molecular complexity index is 2000. The van der Waals surface area contributed by atoms with Crippen molar-refractivity contribution in [3.63, 3.8) is 0 Å². The van der Waals surface area contributed by atoms with E-state index in [1.54, 1.807) is 0 Å². The van der Waals surface area contributed by atoms with Gasteiger partial charge in [-0.15, -0.1) is 0 Å². The summed E-state index contributed by atoms with van der Waals surface area (Å²) in [6.07, 6.45) is 0. The molecule has 0 aliphatic heterocycles. The highest BCUT2D eigenvalue weighted by Gasteiger charge is 2.13. The number of benzene rings is 6. The van der Waals surface area contributed by atoms with Gasteiger partial charge in [-0.25, -0.2) is 19.9 Å².